The third kappa shape index (κ3) is 1.94. The average Bonchev–Trinajstić information content (AvgIpc) is 2.31. The van der Waals surface area contributed by atoms with Crippen molar-refractivity contribution in [1.82, 2.24) is 4.90 Å². The van der Waals surface area contributed by atoms with Crippen LogP contribution in [-0.4, -0.2) is 30.7 Å². The second-order valence-electron chi connectivity index (χ2n) is 2.89. The van der Waals surface area contributed by atoms with Crippen LogP contribution in [0.4, 0.5) is 0 Å². The maximum Gasteiger partial charge on any atom is 0.0572 e. The maximum absolute atomic E-state index is 5.80. The maximum atomic E-state index is 5.80. The molecule has 0 aromatic carbocycles. The molecule has 0 amide bonds. The van der Waals surface area contributed by atoms with Crippen LogP contribution in [0.3, 0.4) is 0 Å². The van der Waals surface area contributed by atoms with Crippen LogP contribution in [0.2, 0.25) is 0 Å². The van der Waals surface area contributed by atoms with Crippen LogP contribution < -0.4 is 11.5 Å². The minimum absolute atomic E-state index is 0.312. The quantitative estimate of drug-likeness (QED) is 0.571. The van der Waals surface area contributed by atoms with E-state index in [2.05, 4.69) is 4.90 Å². The van der Waals surface area contributed by atoms with E-state index in [1.165, 1.54) is 13.0 Å². The Bertz CT molecular complexity index is 94.9. The minimum Gasteiger partial charge on any atom is -0.330 e. The normalized spacial score (nSPS) is 27.6. The van der Waals surface area contributed by atoms with Crippen LogP contribution in [0.15, 0.2) is 0 Å². The number of likely N-dealkylation sites (tertiary alicyclic amines) is 1. The van der Waals surface area contributed by atoms with Gasteiger partial charge in [-0.25, -0.2) is 0 Å². The highest BCUT2D eigenvalue weighted by molar-refractivity contribution is 4.73. The summed E-state index contributed by atoms with van der Waals surface area (Å²) in [4.78, 5) is 2.31. The zero-order valence-electron chi connectivity index (χ0n) is 6.42. The average molecular weight is 143 g/mol. The molecule has 1 atom stereocenters. The smallest absolute Gasteiger partial charge is 0.0572 e. The molecule has 1 aliphatic heterocycles. The van der Waals surface area contributed by atoms with Crippen LogP contribution in [0.25, 0.3) is 0 Å². The Kier molecular flexibility index (Phi) is 3.12. The van der Waals surface area contributed by atoms with Gasteiger partial charge in [0.15, 0.2) is 0 Å². The first-order valence-electron chi connectivity index (χ1n) is 4.04. The third-order valence-electron chi connectivity index (χ3n) is 2.06. The van der Waals surface area contributed by atoms with Gasteiger partial charge in [-0.05, 0) is 32.4 Å². The molecule has 0 aromatic heterocycles. The molecule has 60 valence electrons. The van der Waals surface area contributed by atoms with Crippen LogP contribution in [0, 0.1) is 0 Å². The van der Waals surface area contributed by atoms with Gasteiger partial charge in [-0.3, -0.25) is 4.90 Å². The molecule has 1 rings (SSSR count). The van der Waals surface area contributed by atoms with Gasteiger partial charge in [0.2, 0.25) is 0 Å². The van der Waals surface area contributed by atoms with Gasteiger partial charge >= 0.3 is 0 Å². The molecular weight excluding hydrogens is 126 g/mol. The molecule has 0 bridgehead atoms. The summed E-state index contributed by atoms with van der Waals surface area (Å²) in [6, 6.07) is 0. The Morgan fingerprint density at radius 2 is 2.30 bits per heavy atom. The minimum atomic E-state index is 0.312. The molecular formula is C7H17N3. The van der Waals surface area contributed by atoms with Crippen molar-refractivity contribution in [3.8, 4) is 0 Å². The van der Waals surface area contributed by atoms with E-state index in [0.717, 1.165) is 25.9 Å². The van der Waals surface area contributed by atoms with Gasteiger partial charge < -0.3 is 11.5 Å². The molecule has 10 heavy (non-hydrogen) atoms. The second kappa shape index (κ2) is 3.91. The van der Waals surface area contributed by atoms with Crippen LogP contribution >= 0.6 is 0 Å². The first-order chi connectivity index (χ1) is 4.84. The molecule has 1 unspecified atom stereocenters. The summed E-state index contributed by atoms with van der Waals surface area (Å²) in [7, 11) is 0. The lowest BCUT2D eigenvalue weighted by molar-refractivity contribution is 0.257. The number of nitrogens with two attached hydrogens (primary N) is 2. The van der Waals surface area contributed by atoms with Gasteiger partial charge in [0.05, 0.1) is 6.17 Å². The highest BCUT2D eigenvalue weighted by Gasteiger charge is 2.18. The Hall–Kier alpha value is -0.120. The molecule has 0 saturated carbocycles. The summed E-state index contributed by atoms with van der Waals surface area (Å²) in [6.45, 7) is 3.03. The van der Waals surface area contributed by atoms with E-state index in [0.29, 0.717) is 6.17 Å². The number of hydrogen-bond acceptors (Lipinski definition) is 3. The van der Waals surface area contributed by atoms with E-state index in [1.54, 1.807) is 0 Å². The van der Waals surface area contributed by atoms with Crippen molar-refractivity contribution in [2.24, 2.45) is 11.5 Å². The molecule has 0 aliphatic carbocycles. The monoisotopic (exact) mass is 143 g/mol. The van der Waals surface area contributed by atoms with Crippen molar-refractivity contribution in [1.29, 1.82) is 0 Å². The fourth-order valence-electron chi connectivity index (χ4n) is 1.42. The van der Waals surface area contributed by atoms with E-state index < -0.39 is 0 Å². The van der Waals surface area contributed by atoms with Gasteiger partial charge in [-0.2, -0.15) is 0 Å². The third-order valence-corrected chi connectivity index (χ3v) is 2.06. The Balaban J connectivity index is 2.14. The molecule has 4 N–H and O–H groups in total. The molecule has 0 aromatic rings. The topological polar surface area (TPSA) is 55.3 Å². The van der Waals surface area contributed by atoms with Crippen LogP contribution in [-0.2, 0) is 0 Å². The van der Waals surface area contributed by atoms with Crippen molar-refractivity contribution >= 4 is 0 Å². The van der Waals surface area contributed by atoms with Gasteiger partial charge in [0.25, 0.3) is 0 Å². The van der Waals surface area contributed by atoms with Crippen molar-refractivity contribution < 1.29 is 0 Å². The van der Waals surface area contributed by atoms with E-state index in [4.69, 9.17) is 11.5 Å². The largest absolute Gasteiger partial charge is 0.330 e. The van der Waals surface area contributed by atoms with Gasteiger partial charge in [-0.15, -0.1) is 0 Å². The Labute approximate surface area is 62.4 Å². The summed E-state index contributed by atoms with van der Waals surface area (Å²) in [5.41, 5.74) is 11.2. The molecule has 3 heteroatoms. The summed E-state index contributed by atoms with van der Waals surface area (Å²) in [5.74, 6) is 0. The van der Waals surface area contributed by atoms with E-state index in [9.17, 15) is 0 Å². The summed E-state index contributed by atoms with van der Waals surface area (Å²) >= 11 is 0. The van der Waals surface area contributed by atoms with E-state index in [-0.39, 0.29) is 0 Å². The molecule has 1 aliphatic rings. The molecule has 3 nitrogen and oxygen atoms in total. The zero-order chi connectivity index (χ0) is 7.40. The van der Waals surface area contributed by atoms with Crippen molar-refractivity contribution in [2.45, 2.75) is 25.4 Å². The molecule has 1 heterocycles. The molecule has 1 saturated heterocycles. The van der Waals surface area contributed by atoms with Gasteiger partial charge in [-0.1, -0.05) is 0 Å². The number of rotatable bonds is 3. The molecule has 1 fully saturated rings. The number of hydrogen-bond donors (Lipinski definition) is 2. The number of nitrogens with zero attached hydrogens (tertiary/aromatic N) is 1. The standard InChI is InChI=1S/C7H17N3/c8-4-2-6-10-5-1-3-7(10)9/h7H,1-6,8-9H2. The Morgan fingerprint density at radius 1 is 1.50 bits per heavy atom. The summed E-state index contributed by atoms with van der Waals surface area (Å²) in [5, 5.41) is 0. The molecule has 0 radical (unpaired) electrons. The SMILES string of the molecule is NCCCN1CCCC1N. The van der Waals surface area contributed by atoms with E-state index in [1.807, 2.05) is 0 Å². The summed E-state index contributed by atoms with van der Waals surface area (Å²) < 4.78 is 0. The highest BCUT2D eigenvalue weighted by Crippen LogP contribution is 2.11. The zero-order valence-corrected chi connectivity index (χ0v) is 6.42. The van der Waals surface area contributed by atoms with Crippen molar-refractivity contribution in [2.75, 3.05) is 19.6 Å². The van der Waals surface area contributed by atoms with Crippen LogP contribution in [0.1, 0.15) is 19.3 Å². The second-order valence-corrected chi connectivity index (χ2v) is 2.89. The fraction of sp³-hybridized carbons (Fsp3) is 1.00. The Morgan fingerprint density at radius 3 is 2.80 bits per heavy atom. The van der Waals surface area contributed by atoms with Crippen molar-refractivity contribution in [3.05, 3.63) is 0 Å². The lowest BCUT2D eigenvalue weighted by atomic mass is 10.3. The highest BCUT2D eigenvalue weighted by atomic mass is 15.2. The fourth-order valence-corrected chi connectivity index (χ4v) is 1.42. The first-order valence-corrected chi connectivity index (χ1v) is 4.04. The first kappa shape index (κ1) is 7.98. The van der Waals surface area contributed by atoms with Gasteiger partial charge in [0, 0.05) is 6.54 Å². The van der Waals surface area contributed by atoms with E-state index >= 15 is 0 Å². The molecule has 0 spiro atoms. The summed E-state index contributed by atoms with van der Waals surface area (Å²) in [6.07, 6.45) is 3.80. The van der Waals surface area contributed by atoms with Crippen molar-refractivity contribution in [3.63, 3.8) is 0 Å². The predicted octanol–water partition coefficient (Wildman–Crippen LogP) is -0.284. The van der Waals surface area contributed by atoms with Crippen LogP contribution in [0.5, 0.6) is 0 Å². The van der Waals surface area contributed by atoms with Gasteiger partial charge in [0.1, 0.15) is 0 Å². The lowest BCUT2D eigenvalue weighted by Crippen LogP contribution is -2.37. The predicted molar refractivity (Wildman–Crippen MR) is 42.5 cm³/mol. The lowest BCUT2D eigenvalue weighted by Gasteiger charge is -2.19.